The van der Waals surface area contributed by atoms with Gasteiger partial charge in [-0.1, -0.05) is 24.3 Å². The number of rotatable bonds is 7. The minimum atomic E-state index is -3.92. The highest BCUT2D eigenvalue weighted by molar-refractivity contribution is 7.92. The molecule has 36 heavy (non-hydrogen) atoms. The van der Waals surface area contributed by atoms with Crippen molar-refractivity contribution >= 4 is 27.3 Å². The zero-order chi connectivity index (χ0) is 25.4. The van der Waals surface area contributed by atoms with Crippen LogP contribution in [0, 0.1) is 13.8 Å². The number of ether oxygens (including phenoxy) is 2. The van der Waals surface area contributed by atoms with Gasteiger partial charge >= 0.3 is 0 Å². The van der Waals surface area contributed by atoms with E-state index in [0.29, 0.717) is 35.6 Å². The van der Waals surface area contributed by atoms with Gasteiger partial charge in [0.15, 0.2) is 23.1 Å². The van der Waals surface area contributed by atoms with E-state index in [9.17, 15) is 18.0 Å². The van der Waals surface area contributed by atoms with Gasteiger partial charge in [0.2, 0.25) is 6.79 Å². The Morgan fingerprint density at radius 3 is 2.47 bits per heavy atom. The average molecular weight is 504 g/mol. The number of sulfonamides is 1. The second-order valence-corrected chi connectivity index (χ2v) is 10.7. The molecule has 0 spiro atoms. The predicted octanol–water partition coefficient (Wildman–Crippen LogP) is 4.70. The smallest absolute Gasteiger partial charge is 0.261 e. The maximum atomic E-state index is 13.2. The summed E-state index contributed by atoms with van der Waals surface area (Å²) in [5, 5.41) is 0. The Kier molecular flexibility index (Phi) is 6.14. The van der Waals surface area contributed by atoms with Crippen LogP contribution in [0.1, 0.15) is 39.0 Å². The summed E-state index contributed by atoms with van der Waals surface area (Å²) in [6.45, 7) is 3.95. The van der Waals surface area contributed by atoms with E-state index >= 15 is 0 Å². The molecular formula is C28H25NO6S. The van der Waals surface area contributed by atoms with E-state index in [1.807, 2.05) is 32.0 Å². The van der Waals surface area contributed by atoms with Crippen molar-refractivity contribution in [2.75, 3.05) is 11.5 Å². The van der Waals surface area contributed by atoms with Crippen LogP contribution in [0.15, 0.2) is 71.1 Å². The number of nitrogens with one attached hydrogen (secondary N) is 1. The number of anilines is 1. The summed E-state index contributed by atoms with van der Waals surface area (Å²) in [6, 6.07) is 15.4. The van der Waals surface area contributed by atoms with Gasteiger partial charge in [-0.3, -0.25) is 14.3 Å². The van der Waals surface area contributed by atoms with E-state index < -0.39 is 15.8 Å². The SMILES string of the molecule is Cc1cc(C)cc(NS(=O)(=O)c2ccc3c(c2)C(=O)C(C(=O)CCc2ccc4c(c2)OCO4)=CC3)c1. The van der Waals surface area contributed by atoms with Crippen molar-refractivity contribution < 1.29 is 27.5 Å². The molecule has 184 valence electrons. The first-order valence-corrected chi connectivity index (χ1v) is 13.1. The molecule has 5 rings (SSSR count). The summed E-state index contributed by atoms with van der Waals surface area (Å²) in [5.74, 6) is 0.593. The van der Waals surface area contributed by atoms with Crippen LogP contribution in [0.4, 0.5) is 5.69 Å². The van der Waals surface area contributed by atoms with Crippen molar-refractivity contribution in [3.63, 3.8) is 0 Å². The normalized spacial score (nSPS) is 14.3. The fourth-order valence-electron chi connectivity index (χ4n) is 4.54. The quantitative estimate of drug-likeness (QED) is 0.469. The van der Waals surface area contributed by atoms with Crippen LogP contribution in [-0.4, -0.2) is 26.8 Å². The maximum Gasteiger partial charge on any atom is 0.261 e. The molecule has 1 heterocycles. The van der Waals surface area contributed by atoms with Crippen molar-refractivity contribution in [2.45, 2.75) is 38.0 Å². The largest absolute Gasteiger partial charge is 0.454 e. The number of hydrogen-bond donors (Lipinski definition) is 1. The van der Waals surface area contributed by atoms with Gasteiger partial charge in [-0.2, -0.15) is 0 Å². The van der Waals surface area contributed by atoms with Crippen LogP contribution in [0.2, 0.25) is 0 Å². The molecule has 0 unspecified atom stereocenters. The van der Waals surface area contributed by atoms with Crippen LogP contribution in [0.3, 0.4) is 0 Å². The van der Waals surface area contributed by atoms with E-state index in [-0.39, 0.29) is 35.0 Å². The van der Waals surface area contributed by atoms with E-state index in [0.717, 1.165) is 16.7 Å². The molecule has 7 nitrogen and oxygen atoms in total. The molecule has 8 heteroatoms. The standard InChI is InChI=1S/C28H25NO6S/c1-17-11-18(2)13-21(12-17)29-36(32,33)22-7-5-20-6-8-23(28(31)24(20)15-22)25(30)9-3-19-4-10-26-27(14-19)35-16-34-26/h4-5,7-8,10-15,29H,3,6,9,16H2,1-2H3. The van der Waals surface area contributed by atoms with Crippen molar-refractivity contribution in [1.29, 1.82) is 0 Å². The number of benzene rings is 3. The molecule has 0 aromatic heterocycles. The third-order valence-corrected chi connectivity index (χ3v) is 7.64. The van der Waals surface area contributed by atoms with Crippen LogP contribution in [0.25, 0.3) is 0 Å². The third-order valence-electron chi connectivity index (χ3n) is 6.26. The Morgan fingerprint density at radius 1 is 0.944 bits per heavy atom. The molecular weight excluding hydrogens is 478 g/mol. The van der Waals surface area contributed by atoms with E-state index in [1.54, 1.807) is 30.3 Å². The average Bonchev–Trinajstić information content (AvgIpc) is 3.29. The lowest BCUT2D eigenvalue weighted by molar-refractivity contribution is -0.115. The van der Waals surface area contributed by atoms with Gasteiger partial charge in [0.05, 0.1) is 10.5 Å². The molecule has 0 fully saturated rings. The number of carbonyl (C=O) groups is 2. The minimum absolute atomic E-state index is 0.0252. The van der Waals surface area contributed by atoms with Crippen LogP contribution < -0.4 is 14.2 Å². The fraction of sp³-hybridized carbons (Fsp3) is 0.214. The first kappa shape index (κ1) is 23.8. The molecule has 0 radical (unpaired) electrons. The summed E-state index contributed by atoms with van der Waals surface area (Å²) in [6.07, 6.45) is 2.62. The molecule has 3 aromatic carbocycles. The third kappa shape index (κ3) is 4.77. The molecule has 0 amide bonds. The van der Waals surface area contributed by atoms with Crippen LogP contribution >= 0.6 is 0 Å². The Hall–Kier alpha value is -3.91. The van der Waals surface area contributed by atoms with Gasteiger partial charge in [0, 0.05) is 17.7 Å². The second-order valence-electron chi connectivity index (χ2n) is 9.06. The summed E-state index contributed by atoms with van der Waals surface area (Å²) in [5.41, 5.74) is 4.26. The van der Waals surface area contributed by atoms with Gasteiger partial charge < -0.3 is 9.47 Å². The second kappa shape index (κ2) is 9.28. The Balaban J connectivity index is 1.32. The first-order chi connectivity index (χ1) is 17.2. The number of carbonyl (C=O) groups excluding carboxylic acids is 2. The van der Waals surface area contributed by atoms with Crippen molar-refractivity contribution in [3.05, 3.63) is 94.1 Å². The highest BCUT2D eigenvalue weighted by Gasteiger charge is 2.27. The van der Waals surface area contributed by atoms with Gasteiger partial charge in [-0.25, -0.2) is 8.42 Å². The number of Topliss-reactive ketones (excluding diaryl/α,β-unsaturated/α-hetero) is 2. The zero-order valence-corrected chi connectivity index (χ0v) is 20.8. The molecule has 3 aromatic rings. The minimum Gasteiger partial charge on any atom is -0.454 e. The summed E-state index contributed by atoms with van der Waals surface area (Å²) in [7, 11) is -3.92. The van der Waals surface area contributed by atoms with Gasteiger partial charge in [-0.15, -0.1) is 0 Å². The lowest BCUT2D eigenvalue weighted by atomic mass is 9.87. The fourth-order valence-corrected chi connectivity index (χ4v) is 5.61. The zero-order valence-electron chi connectivity index (χ0n) is 20.0. The molecule has 0 bridgehead atoms. The monoisotopic (exact) mass is 503 g/mol. The van der Waals surface area contributed by atoms with Crippen LogP contribution in [-0.2, 0) is 27.7 Å². The lowest BCUT2D eigenvalue weighted by Crippen LogP contribution is -2.21. The summed E-state index contributed by atoms with van der Waals surface area (Å²) in [4.78, 5) is 26.1. The number of hydrogen-bond acceptors (Lipinski definition) is 6. The van der Waals surface area contributed by atoms with Crippen molar-refractivity contribution in [3.8, 4) is 11.5 Å². The van der Waals surface area contributed by atoms with E-state index in [1.165, 1.54) is 12.1 Å². The topological polar surface area (TPSA) is 98.8 Å². The Morgan fingerprint density at radius 2 is 1.69 bits per heavy atom. The number of ketones is 2. The number of fused-ring (bicyclic) bond motifs is 2. The van der Waals surface area contributed by atoms with E-state index in [4.69, 9.17) is 9.47 Å². The number of aryl methyl sites for hydroxylation is 3. The van der Waals surface area contributed by atoms with Gasteiger partial charge in [0.1, 0.15) is 0 Å². The predicted molar refractivity (Wildman–Crippen MR) is 135 cm³/mol. The molecule has 2 aliphatic rings. The van der Waals surface area contributed by atoms with E-state index in [2.05, 4.69) is 4.72 Å². The van der Waals surface area contributed by atoms with Gasteiger partial charge in [0.25, 0.3) is 10.0 Å². The van der Waals surface area contributed by atoms with Crippen molar-refractivity contribution in [1.82, 2.24) is 0 Å². The molecule has 0 atom stereocenters. The Bertz CT molecular complexity index is 1520. The highest BCUT2D eigenvalue weighted by Crippen LogP contribution is 2.33. The Labute approximate surface area is 209 Å². The maximum absolute atomic E-state index is 13.2. The van der Waals surface area contributed by atoms with Gasteiger partial charge in [-0.05, 0) is 85.3 Å². The molecule has 1 N–H and O–H groups in total. The van der Waals surface area contributed by atoms with Crippen LogP contribution in [0.5, 0.6) is 11.5 Å². The summed E-state index contributed by atoms with van der Waals surface area (Å²) >= 11 is 0. The summed E-state index contributed by atoms with van der Waals surface area (Å²) < 4.78 is 39.4. The molecule has 0 saturated heterocycles. The van der Waals surface area contributed by atoms with Crippen molar-refractivity contribution in [2.24, 2.45) is 0 Å². The number of allylic oxidation sites excluding steroid dienone is 2. The molecule has 1 aliphatic carbocycles. The first-order valence-electron chi connectivity index (χ1n) is 11.6. The lowest BCUT2D eigenvalue weighted by Gasteiger charge is -2.17. The highest BCUT2D eigenvalue weighted by atomic mass is 32.2. The molecule has 1 aliphatic heterocycles. The molecule has 0 saturated carbocycles.